The largest absolute Gasteiger partial charge is 0.481 e. The van der Waals surface area contributed by atoms with Crippen LogP contribution in [0.5, 0.6) is 5.75 Å². The Morgan fingerprint density at radius 1 is 1.48 bits per heavy atom. The smallest absolute Gasteiger partial charge is 0.263 e. The topological polar surface area (TPSA) is 82.0 Å². The number of nitrogens with one attached hydrogen (secondary N) is 1. The Kier molecular flexibility index (Phi) is 5.03. The average Bonchev–Trinajstić information content (AvgIpc) is 3.07. The van der Waals surface area contributed by atoms with Gasteiger partial charge in [-0.2, -0.15) is 10.4 Å². The number of hydrogen-bond donors (Lipinski definition) is 1. The minimum Gasteiger partial charge on any atom is -0.481 e. The number of amides is 1. The van der Waals surface area contributed by atoms with Crippen molar-refractivity contribution in [3.63, 3.8) is 0 Å². The molecule has 0 radical (unpaired) electrons. The number of aryl methyl sites for hydroxylation is 1. The SMILES string of the molecule is Cc1cc([C@@H]2CCCN(C(=O)[C@H](C)Oc3cccc(C#N)c3)C2)n[nH]1. The van der Waals surface area contributed by atoms with Gasteiger partial charge in [0.05, 0.1) is 17.3 Å². The number of likely N-dealkylation sites (tertiary alicyclic amines) is 1. The predicted molar refractivity (Wildman–Crippen MR) is 93.1 cm³/mol. The fourth-order valence-electron chi connectivity index (χ4n) is 3.22. The molecular formula is C19H22N4O2. The quantitative estimate of drug-likeness (QED) is 0.929. The van der Waals surface area contributed by atoms with E-state index in [0.29, 0.717) is 17.9 Å². The van der Waals surface area contributed by atoms with Gasteiger partial charge >= 0.3 is 0 Å². The molecule has 1 fully saturated rings. The van der Waals surface area contributed by atoms with Gasteiger partial charge in [0.25, 0.3) is 5.91 Å². The van der Waals surface area contributed by atoms with E-state index in [9.17, 15) is 4.79 Å². The first kappa shape index (κ1) is 17.0. The van der Waals surface area contributed by atoms with Crippen molar-refractivity contribution in [1.29, 1.82) is 5.26 Å². The van der Waals surface area contributed by atoms with Crippen LogP contribution in [-0.2, 0) is 4.79 Å². The number of rotatable bonds is 4. The molecule has 1 N–H and O–H groups in total. The van der Waals surface area contributed by atoms with Crippen molar-refractivity contribution >= 4 is 5.91 Å². The summed E-state index contributed by atoms with van der Waals surface area (Å²) < 4.78 is 5.75. The van der Waals surface area contributed by atoms with Crippen LogP contribution in [0.2, 0.25) is 0 Å². The summed E-state index contributed by atoms with van der Waals surface area (Å²) in [5.74, 6) is 0.771. The van der Waals surface area contributed by atoms with Crippen LogP contribution in [0.3, 0.4) is 0 Å². The number of ether oxygens (including phenoxy) is 1. The third-order valence-electron chi connectivity index (χ3n) is 4.50. The summed E-state index contributed by atoms with van der Waals surface area (Å²) in [6.45, 7) is 5.14. The average molecular weight is 338 g/mol. The normalized spacial score (nSPS) is 18.4. The highest BCUT2D eigenvalue weighted by molar-refractivity contribution is 5.81. The van der Waals surface area contributed by atoms with Gasteiger partial charge < -0.3 is 9.64 Å². The number of aromatic amines is 1. The van der Waals surface area contributed by atoms with E-state index in [-0.39, 0.29) is 11.8 Å². The number of carbonyl (C=O) groups is 1. The maximum absolute atomic E-state index is 12.7. The molecular weight excluding hydrogens is 316 g/mol. The third-order valence-corrected chi connectivity index (χ3v) is 4.50. The highest BCUT2D eigenvalue weighted by atomic mass is 16.5. The van der Waals surface area contributed by atoms with Crippen molar-refractivity contribution in [3.05, 3.63) is 47.3 Å². The zero-order valence-electron chi connectivity index (χ0n) is 14.5. The lowest BCUT2D eigenvalue weighted by atomic mass is 9.94. The molecule has 1 aromatic carbocycles. The van der Waals surface area contributed by atoms with Gasteiger partial charge in [-0.3, -0.25) is 9.89 Å². The lowest BCUT2D eigenvalue weighted by Crippen LogP contribution is -2.45. The number of aromatic nitrogens is 2. The second-order valence-electron chi connectivity index (χ2n) is 6.50. The highest BCUT2D eigenvalue weighted by Crippen LogP contribution is 2.26. The molecule has 0 unspecified atom stereocenters. The first-order valence-electron chi connectivity index (χ1n) is 8.54. The summed E-state index contributed by atoms with van der Waals surface area (Å²) in [6, 6.07) is 11.0. The fraction of sp³-hybridized carbons (Fsp3) is 0.421. The second-order valence-corrected chi connectivity index (χ2v) is 6.50. The molecule has 1 aromatic heterocycles. The van der Waals surface area contributed by atoms with E-state index in [1.165, 1.54) is 0 Å². The Morgan fingerprint density at radius 3 is 3.04 bits per heavy atom. The first-order chi connectivity index (χ1) is 12.1. The molecule has 0 aliphatic carbocycles. The van der Waals surface area contributed by atoms with Gasteiger partial charge in [-0.15, -0.1) is 0 Å². The lowest BCUT2D eigenvalue weighted by Gasteiger charge is -2.33. The van der Waals surface area contributed by atoms with E-state index in [1.807, 2.05) is 17.9 Å². The molecule has 3 rings (SSSR count). The van der Waals surface area contributed by atoms with Crippen molar-refractivity contribution in [2.45, 2.75) is 38.7 Å². The van der Waals surface area contributed by atoms with Crippen molar-refractivity contribution in [2.75, 3.05) is 13.1 Å². The van der Waals surface area contributed by atoms with E-state index in [2.05, 4.69) is 16.3 Å². The Morgan fingerprint density at radius 2 is 2.32 bits per heavy atom. The van der Waals surface area contributed by atoms with E-state index >= 15 is 0 Å². The van der Waals surface area contributed by atoms with Crippen LogP contribution in [0.1, 0.15) is 42.6 Å². The third kappa shape index (κ3) is 4.00. The standard InChI is InChI=1S/C19H22N4O2/c1-13-9-18(22-21-13)16-6-4-8-23(12-16)19(24)14(2)25-17-7-3-5-15(10-17)11-20/h3,5,7,9-10,14,16H,4,6,8,12H2,1-2H3,(H,21,22)/t14-,16+/m0/s1. The number of hydrogen-bond acceptors (Lipinski definition) is 4. The van der Waals surface area contributed by atoms with Crippen molar-refractivity contribution < 1.29 is 9.53 Å². The van der Waals surface area contributed by atoms with Crippen LogP contribution in [0.4, 0.5) is 0 Å². The van der Waals surface area contributed by atoms with Crippen molar-refractivity contribution in [3.8, 4) is 11.8 Å². The van der Waals surface area contributed by atoms with Gasteiger partial charge in [0.2, 0.25) is 0 Å². The molecule has 1 saturated heterocycles. The number of piperidine rings is 1. The summed E-state index contributed by atoms with van der Waals surface area (Å²) in [5, 5.41) is 16.3. The number of benzene rings is 1. The molecule has 1 amide bonds. The monoisotopic (exact) mass is 338 g/mol. The molecule has 0 bridgehead atoms. The van der Waals surface area contributed by atoms with Crippen LogP contribution in [0, 0.1) is 18.3 Å². The van der Waals surface area contributed by atoms with Gasteiger partial charge in [-0.25, -0.2) is 0 Å². The van der Waals surface area contributed by atoms with Gasteiger partial charge in [0, 0.05) is 24.7 Å². The summed E-state index contributed by atoms with van der Waals surface area (Å²) in [5.41, 5.74) is 2.57. The van der Waals surface area contributed by atoms with Gasteiger partial charge in [0.15, 0.2) is 6.10 Å². The Bertz CT molecular complexity index is 793. The summed E-state index contributed by atoms with van der Waals surface area (Å²) >= 11 is 0. The minimum absolute atomic E-state index is 0.0284. The van der Waals surface area contributed by atoms with Crippen molar-refractivity contribution in [2.24, 2.45) is 0 Å². The lowest BCUT2D eigenvalue weighted by molar-refractivity contribution is -0.139. The maximum atomic E-state index is 12.7. The zero-order valence-corrected chi connectivity index (χ0v) is 14.5. The Labute approximate surface area is 147 Å². The molecule has 2 atom stereocenters. The van der Waals surface area contributed by atoms with Crippen LogP contribution in [-0.4, -0.2) is 40.2 Å². The Hall–Kier alpha value is -2.81. The number of nitrogens with zero attached hydrogens (tertiary/aromatic N) is 3. The molecule has 0 saturated carbocycles. The summed E-state index contributed by atoms with van der Waals surface area (Å²) in [4.78, 5) is 14.6. The summed E-state index contributed by atoms with van der Waals surface area (Å²) in [7, 11) is 0. The molecule has 130 valence electrons. The first-order valence-corrected chi connectivity index (χ1v) is 8.54. The Balaban J connectivity index is 1.64. The molecule has 0 spiro atoms. The summed E-state index contributed by atoms with van der Waals surface area (Å²) in [6.07, 6.45) is 1.40. The van der Waals surface area contributed by atoms with E-state index in [0.717, 1.165) is 30.8 Å². The zero-order chi connectivity index (χ0) is 17.8. The fourth-order valence-corrected chi connectivity index (χ4v) is 3.22. The van der Waals surface area contributed by atoms with Crippen LogP contribution in [0.15, 0.2) is 30.3 Å². The van der Waals surface area contributed by atoms with Crippen molar-refractivity contribution in [1.82, 2.24) is 15.1 Å². The predicted octanol–water partition coefficient (Wildman–Crippen LogP) is 2.76. The van der Waals surface area contributed by atoms with Gasteiger partial charge in [0.1, 0.15) is 5.75 Å². The molecule has 6 heteroatoms. The van der Waals surface area contributed by atoms with E-state index in [1.54, 1.807) is 31.2 Å². The van der Waals surface area contributed by atoms with E-state index in [4.69, 9.17) is 10.00 Å². The number of carbonyl (C=O) groups excluding carboxylic acids is 1. The molecule has 2 aromatic rings. The maximum Gasteiger partial charge on any atom is 0.263 e. The minimum atomic E-state index is -0.589. The number of H-pyrrole nitrogens is 1. The van der Waals surface area contributed by atoms with Crippen LogP contribution < -0.4 is 4.74 Å². The number of nitriles is 1. The molecule has 2 heterocycles. The molecule has 25 heavy (non-hydrogen) atoms. The van der Waals surface area contributed by atoms with Crippen LogP contribution >= 0.6 is 0 Å². The molecule has 1 aliphatic heterocycles. The highest BCUT2D eigenvalue weighted by Gasteiger charge is 2.29. The second kappa shape index (κ2) is 7.39. The van der Waals surface area contributed by atoms with E-state index < -0.39 is 6.10 Å². The molecule has 6 nitrogen and oxygen atoms in total. The van der Waals surface area contributed by atoms with Gasteiger partial charge in [-0.1, -0.05) is 6.07 Å². The van der Waals surface area contributed by atoms with Crippen LogP contribution in [0.25, 0.3) is 0 Å². The molecule has 1 aliphatic rings. The van der Waals surface area contributed by atoms with Gasteiger partial charge in [-0.05, 0) is 51.0 Å².